The Morgan fingerprint density at radius 3 is 2.27 bits per heavy atom. The molecule has 9 heteroatoms. The minimum absolute atomic E-state index is 0.0471. The highest BCUT2D eigenvalue weighted by atomic mass is 32.2. The molecule has 1 saturated heterocycles. The molecule has 0 atom stereocenters. The van der Waals surface area contributed by atoms with Crippen molar-refractivity contribution >= 4 is 27.3 Å². The molecule has 0 unspecified atom stereocenters. The molecule has 1 aliphatic rings. The van der Waals surface area contributed by atoms with Gasteiger partial charge in [-0.3, -0.25) is 4.79 Å². The summed E-state index contributed by atoms with van der Waals surface area (Å²) in [6, 6.07) is 12.7. The Hall–Kier alpha value is -2.62. The van der Waals surface area contributed by atoms with Crippen molar-refractivity contribution in [3.8, 4) is 10.6 Å². The third-order valence-corrected chi connectivity index (χ3v) is 7.80. The van der Waals surface area contributed by atoms with Crippen LogP contribution in [-0.2, 0) is 10.0 Å². The Balaban J connectivity index is 1.42. The van der Waals surface area contributed by atoms with Gasteiger partial charge in [-0.1, -0.05) is 29.8 Å². The first kappa shape index (κ1) is 20.6. The molecule has 4 rings (SSSR count). The first-order chi connectivity index (χ1) is 14.3. The van der Waals surface area contributed by atoms with Crippen molar-refractivity contribution in [3.05, 3.63) is 71.0 Å². The van der Waals surface area contributed by atoms with Crippen LogP contribution in [0.2, 0.25) is 0 Å². The number of halogens is 1. The first-order valence-corrected chi connectivity index (χ1v) is 11.7. The van der Waals surface area contributed by atoms with E-state index < -0.39 is 15.8 Å². The fourth-order valence-electron chi connectivity index (χ4n) is 3.25. The Morgan fingerprint density at radius 1 is 1.00 bits per heavy atom. The van der Waals surface area contributed by atoms with Crippen molar-refractivity contribution in [2.24, 2.45) is 0 Å². The Morgan fingerprint density at radius 2 is 1.63 bits per heavy atom. The van der Waals surface area contributed by atoms with Crippen LogP contribution in [-0.4, -0.2) is 54.7 Å². The number of aromatic nitrogens is 1. The second-order valence-corrected chi connectivity index (χ2v) is 9.85. The average Bonchev–Trinajstić information content (AvgIpc) is 3.24. The summed E-state index contributed by atoms with van der Waals surface area (Å²) < 4.78 is 39.8. The number of piperazine rings is 1. The molecule has 0 radical (unpaired) electrons. The fourth-order valence-corrected chi connectivity index (χ4v) is 5.47. The standard InChI is InChI=1S/C21H20FN3O3S2/c1-15-2-4-16(5-3-15)20-23-19(14-29-20)21(26)24-10-12-25(13-11-24)30(27,28)18-8-6-17(22)7-9-18/h2-9,14H,10-13H2,1H3. The highest BCUT2D eigenvalue weighted by molar-refractivity contribution is 7.89. The molecule has 2 heterocycles. The topological polar surface area (TPSA) is 70.6 Å². The minimum Gasteiger partial charge on any atom is -0.335 e. The summed E-state index contributed by atoms with van der Waals surface area (Å²) in [4.78, 5) is 19.0. The molecule has 1 amide bonds. The van der Waals surface area contributed by atoms with Gasteiger partial charge in [-0.25, -0.2) is 17.8 Å². The van der Waals surface area contributed by atoms with Gasteiger partial charge in [-0.15, -0.1) is 11.3 Å². The predicted molar refractivity (Wildman–Crippen MR) is 113 cm³/mol. The van der Waals surface area contributed by atoms with E-state index in [1.165, 1.54) is 27.8 Å². The lowest BCUT2D eigenvalue weighted by Crippen LogP contribution is -2.50. The summed E-state index contributed by atoms with van der Waals surface area (Å²) in [5.41, 5.74) is 2.48. The summed E-state index contributed by atoms with van der Waals surface area (Å²) in [5.74, 6) is -0.693. The maximum atomic E-state index is 13.1. The molecule has 0 spiro atoms. The van der Waals surface area contributed by atoms with E-state index in [9.17, 15) is 17.6 Å². The number of aryl methyl sites for hydroxylation is 1. The van der Waals surface area contributed by atoms with E-state index in [0.717, 1.165) is 28.3 Å². The van der Waals surface area contributed by atoms with Gasteiger partial charge in [-0.2, -0.15) is 4.31 Å². The molecule has 0 saturated carbocycles. The summed E-state index contributed by atoms with van der Waals surface area (Å²) in [5, 5.41) is 2.51. The lowest BCUT2D eigenvalue weighted by Gasteiger charge is -2.33. The zero-order valence-corrected chi connectivity index (χ0v) is 17.9. The highest BCUT2D eigenvalue weighted by Gasteiger charge is 2.31. The van der Waals surface area contributed by atoms with Crippen LogP contribution in [0.4, 0.5) is 4.39 Å². The van der Waals surface area contributed by atoms with Gasteiger partial charge in [0.05, 0.1) is 4.90 Å². The van der Waals surface area contributed by atoms with E-state index in [1.807, 2.05) is 31.2 Å². The van der Waals surface area contributed by atoms with E-state index in [4.69, 9.17) is 0 Å². The number of sulfonamides is 1. The van der Waals surface area contributed by atoms with Crippen molar-refractivity contribution in [2.45, 2.75) is 11.8 Å². The molecule has 30 heavy (non-hydrogen) atoms. The van der Waals surface area contributed by atoms with E-state index in [-0.39, 0.29) is 37.0 Å². The number of rotatable bonds is 4. The number of carbonyl (C=O) groups is 1. The number of nitrogens with zero attached hydrogens (tertiary/aromatic N) is 3. The van der Waals surface area contributed by atoms with Crippen molar-refractivity contribution in [1.82, 2.24) is 14.2 Å². The number of amides is 1. The minimum atomic E-state index is -3.71. The lowest BCUT2D eigenvalue weighted by atomic mass is 10.2. The summed E-state index contributed by atoms with van der Waals surface area (Å²) in [6.45, 7) is 2.92. The number of carbonyl (C=O) groups excluding carboxylic acids is 1. The SMILES string of the molecule is Cc1ccc(-c2nc(C(=O)N3CCN(S(=O)(=O)c4ccc(F)cc4)CC3)cs2)cc1. The van der Waals surface area contributed by atoms with Crippen LogP contribution in [0.25, 0.3) is 10.6 Å². The molecule has 2 aromatic carbocycles. The molecule has 0 N–H and O–H groups in total. The molecule has 6 nitrogen and oxygen atoms in total. The van der Waals surface area contributed by atoms with Crippen LogP contribution in [0, 0.1) is 12.7 Å². The summed E-state index contributed by atoms with van der Waals surface area (Å²) in [6.07, 6.45) is 0. The molecule has 0 aliphatic carbocycles. The molecule has 156 valence electrons. The first-order valence-electron chi connectivity index (χ1n) is 9.42. The molecule has 1 aliphatic heterocycles. The molecular weight excluding hydrogens is 425 g/mol. The van der Waals surface area contributed by atoms with Gasteiger partial charge < -0.3 is 4.90 Å². The van der Waals surface area contributed by atoms with Gasteiger partial charge in [-0.05, 0) is 31.2 Å². The van der Waals surface area contributed by atoms with Crippen molar-refractivity contribution in [1.29, 1.82) is 0 Å². The predicted octanol–water partition coefficient (Wildman–Crippen LogP) is 3.40. The Labute approximate surface area is 178 Å². The van der Waals surface area contributed by atoms with E-state index in [0.29, 0.717) is 5.69 Å². The van der Waals surface area contributed by atoms with E-state index >= 15 is 0 Å². The molecular formula is C21H20FN3O3S2. The molecule has 1 aromatic heterocycles. The maximum Gasteiger partial charge on any atom is 0.273 e. The Kier molecular flexibility index (Phi) is 5.68. The summed E-state index contributed by atoms with van der Waals surface area (Å²) >= 11 is 1.41. The normalized spacial score (nSPS) is 15.3. The molecule has 0 bridgehead atoms. The smallest absolute Gasteiger partial charge is 0.273 e. The zero-order valence-electron chi connectivity index (χ0n) is 16.3. The number of benzene rings is 2. The van der Waals surface area contributed by atoms with Crippen molar-refractivity contribution in [2.75, 3.05) is 26.2 Å². The zero-order chi connectivity index (χ0) is 21.3. The molecule has 1 fully saturated rings. The van der Waals surface area contributed by atoms with Crippen LogP contribution in [0.5, 0.6) is 0 Å². The van der Waals surface area contributed by atoms with Crippen LogP contribution < -0.4 is 0 Å². The Bertz CT molecular complexity index is 1150. The lowest BCUT2D eigenvalue weighted by molar-refractivity contribution is 0.0693. The third kappa shape index (κ3) is 4.14. The van der Waals surface area contributed by atoms with Gasteiger partial charge in [0.2, 0.25) is 10.0 Å². The van der Waals surface area contributed by atoms with Gasteiger partial charge in [0.15, 0.2) is 0 Å². The van der Waals surface area contributed by atoms with Gasteiger partial charge in [0.1, 0.15) is 16.5 Å². The number of hydrogen-bond acceptors (Lipinski definition) is 5. The molecule has 3 aromatic rings. The monoisotopic (exact) mass is 445 g/mol. The third-order valence-electron chi connectivity index (χ3n) is 5.00. The van der Waals surface area contributed by atoms with Crippen molar-refractivity contribution < 1.29 is 17.6 Å². The van der Waals surface area contributed by atoms with Crippen LogP contribution in [0.1, 0.15) is 16.1 Å². The van der Waals surface area contributed by atoms with Gasteiger partial charge >= 0.3 is 0 Å². The van der Waals surface area contributed by atoms with Crippen LogP contribution in [0.15, 0.2) is 58.8 Å². The van der Waals surface area contributed by atoms with Crippen LogP contribution in [0.3, 0.4) is 0 Å². The second kappa shape index (κ2) is 8.25. The summed E-state index contributed by atoms with van der Waals surface area (Å²) in [7, 11) is -3.71. The van der Waals surface area contributed by atoms with Crippen molar-refractivity contribution in [3.63, 3.8) is 0 Å². The maximum absolute atomic E-state index is 13.1. The quantitative estimate of drug-likeness (QED) is 0.617. The second-order valence-electron chi connectivity index (χ2n) is 7.05. The average molecular weight is 446 g/mol. The van der Waals surface area contributed by atoms with Gasteiger partial charge in [0, 0.05) is 37.1 Å². The van der Waals surface area contributed by atoms with E-state index in [1.54, 1.807) is 10.3 Å². The van der Waals surface area contributed by atoms with E-state index in [2.05, 4.69) is 4.98 Å². The van der Waals surface area contributed by atoms with Gasteiger partial charge in [0.25, 0.3) is 5.91 Å². The largest absolute Gasteiger partial charge is 0.335 e. The van der Waals surface area contributed by atoms with Crippen LogP contribution >= 0.6 is 11.3 Å². The number of hydrogen-bond donors (Lipinski definition) is 0. The fraction of sp³-hybridized carbons (Fsp3) is 0.238. The highest BCUT2D eigenvalue weighted by Crippen LogP contribution is 2.25. The number of thiazole rings is 1.